The first-order chi connectivity index (χ1) is 22.6. The van der Waals surface area contributed by atoms with E-state index in [0.29, 0.717) is 5.56 Å². The summed E-state index contributed by atoms with van der Waals surface area (Å²) in [5.41, 5.74) is 2.52. The van der Waals surface area contributed by atoms with Crippen molar-refractivity contribution in [1.82, 2.24) is 10.2 Å². The SMILES string of the molecule is Cc1ccc(N(CC(=O)N(Cc2ccc(F)cc2)[C@@H](Cc2ccccc2)C(=O)NC2CCCCC2)S(=O)(=O)c2ccc(F)cc2)cc1. The zero-order valence-electron chi connectivity index (χ0n) is 26.3. The number of anilines is 1. The van der Waals surface area contributed by atoms with Crippen LogP contribution >= 0.6 is 0 Å². The summed E-state index contributed by atoms with van der Waals surface area (Å²) in [6, 6.07) is 25.0. The minimum Gasteiger partial charge on any atom is -0.352 e. The molecule has 47 heavy (non-hydrogen) atoms. The maximum absolute atomic E-state index is 14.5. The highest BCUT2D eigenvalue weighted by atomic mass is 32.2. The van der Waals surface area contributed by atoms with Crippen molar-refractivity contribution in [3.8, 4) is 0 Å². The molecule has 1 aliphatic carbocycles. The normalized spacial score (nSPS) is 14.3. The quantitative estimate of drug-likeness (QED) is 0.187. The molecule has 0 saturated heterocycles. The van der Waals surface area contributed by atoms with Gasteiger partial charge >= 0.3 is 0 Å². The molecule has 0 unspecified atom stereocenters. The molecule has 246 valence electrons. The van der Waals surface area contributed by atoms with Crippen molar-refractivity contribution in [1.29, 1.82) is 0 Å². The summed E-state index contributed by atoms with van der Waals surface area (Å²) < 4.78 is 56.7. The van der Waals surface area contributed by atoms with Gasteiger partial charge in [0.2, 0.25) is 11.8 Å². The summed E-state index contributed by atoms with van der Waals surface area (Å²) in [5, 5.41) is 3.16. The maximum Gasteiger partial charge on any atom is 0.264 e. The number of amides is 2. The third kappa shape index (κ3) is 8.83. The fraction of sp³-hybridized carbons (Fsp3) is 0.297. The molecule has 0 heterocycles. The van der Waals surface area contributed by atoms with E-state index in [1.54, 1.807) is 36.4 Å². The molecule has 1 saturated carbocycles. The van der Waals surface area contributed by atoms with Crippen LogP contribution in [0.5, 0.6) is 0 Å². The number of nitrogens with zero attached hydrogens (tertiary/aromatic N) is 2. The van der Waals surface area contributed by atoms with E-state index in [9.17, 15) is 26.8 Å². The molecular formula is C37H39F2N3O4S. The summed E-state index contributed by atoms with van der Waals surface area (Å²) in [7, 11) is -4.35. The van der Waals surface area contributed by atoms with E-state index in [2.05, 4.69) is 5.32 Å². The zero-order chi connectivity index (χ0) is 33.4. The first-order valence-corrected chi connectivity index (χ1v) is 17.3. The standard InChI is InChI=1S/C37H39F2N3O4S/c1-27-12-20-33(21-13-27)42(47(45,46)34-22-18-31(39)19-23-34)26-36(43)41(25-29-14-16-30(38)17-15-29)35(24-28-8-4-2-5-9-28)37(44)40-32-10-6-3-7-11-32/h2,4-5,8-9,12-23,32,35H,3,6-7,10-11,24-26H2,1H3,(H,40,44)/t35-/m0/s1. The Bertz CT molecular complexity index is 1740. The zero-order valence-corrected chi connectivity index (χ0v) is 27.1. The van der Waals surface area contributed by atoms with E-state index in [4.69, 9.17) is 0 Å². The summed E-state index contributed by atoms with van der Waals surface area (Å²) in [6.45, 7) is 1.16. The van der Waals surface area contributed by atoms with Gasteiger partial charge in [0.25, 0.3) is 10.0 Å². The van der Waals surface area contributed by atoms with Gasteiger partial charge in [0.15, 0.2) is 0 Å². The molecule has 4 aromatic rings. The molecule has 1 aliphatic rings. The molecule has 7 nitrogen and oxygen atoms in total. The molecule has 1 fully saturated rings. The average Bonchev–Trinajstić information content (AvgIpc) is 3.07. The van der Waals surface area contributed by atoms with Crippen molar-refractivity contribution < 1.29 is 26.8 Å². The van der Waals surface area contributed by atoms with Crippen molar-refractivity contribution in [3.05, 3.63) is 131 Å². The van der Waals surface area contributed by atoms with Crippen molar-refractivity contribution in [2.45, 2.75) is 69.0 Å². The predicted molar refractivity (Wildman–Crippen MR) is 178 cm³/mol. The number of benzene rings is 4. The number of halogens is 2. The number of carbonyl (C=O) groups is 2. The van der Waals surface area contributed by atoms with Gasteiger partial charge in [-0.3, -0.25) is 13.9 Å². The van der Waals surface area contributed by atoms with Gasteiger partial charge in [-0.05, 0) is 79.4 Å². The van der Waals surface area contributed by atoms with E-state index in [1.165, 1.54) is 17.0 Å². The molecule has 0 radical (unpaired) electrons. The Kier molecular flexibility index (Phi) is 11.0. The van der Waals surface area contributed by atoms with Crippen molar-refractivity contribution in [3.63, 3.8) is 0 Å². The Morgan fingerprint density at radius 1 is 0.787 bits per heavy atom. The van der Waals surface area contributed by atoms with Gasteiger partial charge in [-0.25, -0.2) is 17.2 Å². The topological polar surface area (TPSA) is 86.8 Å². The molecular weight excluding hydrogens is 620 g/mol. The molecule has 0 aliphatic heterocycles. The van der Waals surface area contributed by atoms with Crippen LogP contribution < -0.4 is 9.62 Å². The Morgan fingerprint density at radius 2 is 1.38 bits per heavy atom. The monoisotopic (exact) mass is 659 g/mol. The van der Waals surface area contributed by atoms with Crippen molar-refractivity contribution in [2.24, 2.45) is 0 Å². The second-order valence-electron chi connectivity index (χ2n) is 12.0. The molecule has 4 aromatic carbocycles. The van der Waals surface area contributed by atoms with Crippen LogP contribution in [0.15, 0.2) is 108 Å². The van der Waals surface area contributed by atoms with Crippen molar-refractivity contribution in [2.75, 3.05) is 10.8 Å². The lowest BCUT2D eigenvalue weighted by Crippen LogP contribution is -2.55. The number of rotatable bonds is 12. The highest BCUT2D eigenvalue weighted by molar-refractivity contribution is 7.92. The van der Waals surface area contributed by atoms with Gasteiger partial charge in [0.1, 0.15) is 24.2 Å². The number of hydrogen-bond donors (Lipinski definition) is 1. The van der Waals surface area contributed by atoms with Crippen LogP contribution in [0.1, 0.15) is 48.8 Å². The fourth-order valence-corrected chi connectivity index (χ4v) is 7.27. The number of nitrogens with one attached hydrogen (secondary N) is 1. The third-order valence-electron chi connectivity index (χ3n) is 8.49. The molecule has 10 heteroatoms. The van der Waals surface area contributed by atoms with Crippen LogP contribution in [0.3, 0.4) is 0 Å². The fourth-order valence-electron chi connectivity index (χ4n) is 5.86. The smallest absolute Gasteiger partial charge is 0.264 e. The number of aryl methyl sites for hydroxylation is 1. The highest BCUT2D eigenvalue weighted by Gasteiger charge is 2.35. The predicted octanol–water partition coefficient (Wildman–Crippen LogP) is 6.56. The van der Waals surface area contributed by atoms with E-state index >= 15 is 0 Å². The van der Waals surface area contributed by atoms with Crippen LogP contribution in [0.4, 0.5) is 14.5 Å². The lowest BCUT2D eigenvalue weighted by molar-refractivity contribution is -0.140. The van der Waals surface area contributed by atoms with Gasteiger partial charge in [0.05, 0.1) is 10.6 Å². The van der Waals surface area contributed by atoms with E-state index in [-0.39, 0.29) is 35.5 Å². The molecule has 1 N–H and O–H groups in total. The summed E-state index contributed by atoms with van der Waals surface area (Å²) in [6.07, 6.45) is 4.96. The Labute approximate surface area is 275 Å². The highest BCUT2D eigenvalue weighted by Crippen LogP contribution is 2.26. The number of sulfonamides is 1. The first kappa shape index (κ1) is 33.8. The van der Waals surface area contributed by atoms with Crippen LogP contribution in [0, 0.1) is 18.6 Å². The number of hydrogen-bond acceptors (Lipinski definition) is 4. The minimum absolute atomic E-state index is 0.0276. The second-order valence-corrected chi connectivity index (χ2v) is 13.9. The van der Waals surface area contributed by atoms with Crippen LogP contribution in [-0.2, 0) is 32.6 Å². The molecule has 0 spiro atoms. The van der Waals surface area contributed by atoms with Crippen molar-refractivity contribution >= 4 is 27.5 Å². The van der Waals surface area contributed by atoms with Gasteiger partial charge < -0.3 is 10.2 Å². The molecule has 0 bridgehead atoms. The van der Waals surface area contributed by atoms with Crippen LogP contribution in [0.2, 0.25) is 0 Å². The number of carbonyl (C=O) groups excluding carboxylic acids is 2. The van der Waals surface area contributed by atoms with Gasteiger partial charge in [0, 0.05) is 19.0 Å². The lowest BCUT2D eigenvalue weighted by atomic mass is 9.94. The Hall–Kier alpha value is -4.57. The first-order valence-electron chi connectivity index (χ1n) is 15.8. The van der Waals surface area contributed by atoms with Gasteiger partial charge in [-0.2, -0.15) is 0 Å². The summed E-state index contributed by atoms with van der Waals surface area (Å²) in [5.74, 6) is -2.00. The Balaban J connectivity index is 1.55. The van der Waals surface area contributed by atoms with E-state index in [1.807, 2.05) is 37.3 Å². The summed E-state index contributed by atoms with van der Waals surface area (Å²) >= 11 is 0. The lowest BCUT2D eigenvalue weighted by Gasteiger charge is -2.35. The maximum atomic E-state index is 14.5. The van der Waals surface area contributed by atoms with E-state index in [0.717, 1.165) is 71.8 Å². The molecule has 1 atom stereocenters. The van der Waals surface area contributed by atoms with Gasteiger partial charge in [-0.1, -0.05) is 79.4 Å². The molecule has 5 rings (SSSR count). The van der Waals surface area contributed by atoms with E-state index < -0.39 is 40.2 Å². The van der Waals surface area contributed by atoms with Gasteiger partial charge in [-0.15, -0.1) is 0 Å². The van der Waals surface area contributed by atoms with Crippen LogP contribution in [-0.4, -0.2) is 43.8 Å². The minimum atomic E-state index is -4.35. The Morgan fingerprint density at radius 3 is 2.00 bits per heavy atom. The largest absolute Gasteiger partial charge is 0.352 e. The average molecular weight is 660 g/mol. The van der Waals surface area contributed by atoms with Crippen LogP contribution in [0.25, 0.3) is 0 Å². The molecule has 2 amide bonds. The summed E-state index contributed by atoms with van der Waals surface area (Å²) in [4.78, 5) is 29.9. The second kappa shape index (κ2) is 15.3. The molecule has 0 aromatic heterocycles. The third-order valence-corrected chi connectivity index (χ3v) is 10.3.